The zero-order valence-corrected chi connectivity index (χ0v) is 12.3. The number of carboxylic acid groups (broad SMARTS) is 1. The summed E-state index contributed by atoms with van der Waals surface area (Å²) in [6, 6.07) is 5.73. The maximum absolute atomic E-state index is 11.7. The number of hydrogen-bond donors (Lipinski definition) is 3. The lowest BCUT2D eigenvalue weighted by atomic mass is 10.2. The predicted octanol–water partition coefficient (Wildman–Crippen LogP) is 1.08. The maximum atomic E-state index is 11.7. The molecular weight excluding hydrogens is 274 g/mol. The van der Waals surface area contributed by atoms with Gasteiger partial charge in [-0.3, -0.25) is 0 Å². The standard InChI is InChI=1S/C14H21N3O4/c1-17(8-9-21-2)7-6-15-14(20)16-12-5-3-4-11(10-12)13(18)19/h3-5,10H,6-9H2,1-2H3,(H,18,19)(H2,15,16,20). The third-order valence-electron chi connectivity index (χ3n) is 2.82. The van der Waals surface area contributed by atoms with E-state index in [0.29, 0.717) is 25.4 Å². The van der Waals surface area contributed by atoms with Crippen LogP contribution in [0.1, 0.15) is 10.4 Å². The number of benzene rings is 1. The van der Waals surface area contributed by atoms with Crippen LogP contribution in [0.5, 0.6) is 0 Å². The summed E-state index contributed by atoms with van der Waals surface area (Å²) >= 11 is 0. The molecule has 1 rings (SSSR count). The number of carbonyl (C=O) groups excluding carboxylic acids is 1. The molecule has 21 heavy (non-hydrogen) atoms. The van der Waals surface area contributed by atoms with Gasteiger partial charge in [-0.25, -0.2) is 9.59 Å². The number of nitrogens with zero attached hydrogens (tertiary/aromatic N) is 1. The lowest BCUT2D eigenvalue weighted by molar-refractivity contribution is 0.0697. The molecule has 3 N–H and O–H groups in total. The topological polar surface area (TPSA) is 90.9 Å². The molecule has 0 bridgehead atoms. The molecule has 116 valence electrons. The molecule has 0 unspecified atom stereocenters. The predicted molar refractivity (Wildman–Crippen MR) is 79.8 cm³/mol. The number of amides is 2. The van der Waals surface area contributed by atoms with Gasteiger partial charge in [-0.1, -0.05) is 6.07 Å². The lowest BCUT2D eigenvalue weighted by Gasteiger charge is -2.16. The summed E-state index contributed by atoms with van der Waals surface area (Å²) in [5.74, 6) is -1.03. The largest absolute Gasteiger partial charge is 0.478 e. The first kappa shape index (κ1) is 16.9. The van der Waals surface area contributed by atoms with Crippen molar-refractivity contribution in [3.05, 3.63) is 29.8 Å². The molecule has 7 heteroatoms. The molecule has 0 radical (unpaired) electrons. The Hall–Kier alpha value is -2.12. The molecule has 0 aliphatic heterocycles. The first-order valence-electron chi connectivity index (χ1n) is 6.58. The highest BCUT2D eigenvalue weighted by Crippen LogP contribution is 2.10. The molecule has 0 spiro atoms. The summed E-state index contributed by atoms with van der Waals surface area (Å²) in [5.41, 5.74) is 0.576. The third kappa shape index (κ3) is 6.73. The zero-order valence-electron chi connectivity index (χ0n) is 12.3. The number of likely N-dealkylation sites (N-methyl/N-ethyl adjacent to an activating group) is 1. The molecule has 0 aliphatic rings. The molecule has 0 saturated heterocycles. The molecule has 7 nitrogen and oxygen atoms in total. The minimum absolute atomic E-state index is 0.132. The van der Waals surface area contributed by atoms with Crippen LogP contribution in [0.3, 0.4) is 0 Å². The number of urea groups is 1. The van der Waals surface area contributed by atoms with Crippen molar-refractivity contribution in [3.63, 3.8) is 0 Å². The van der Waals surface area contributed by atoms with Gasteiger partial charge >= 0.3 is 12.0 Å². The monoisotopic (exact) mass is 295 g/mol. The number of carbonyl (C=O) groups is 2. The Morgan fingerprint density at radius 2 is 2.10 bits per heavy atom. The van der Waals surface area contributed by atoms with Gasteiger partial charge in [0, 0.05) is 32.4 Å². The number of aromatic carboxylic acids is 1. The van der Waals surface area contributed by atoms with Gasteiger partial charge in [-0.05, 0) is 25.2 Å². The van der Waals surface area contributed by atoms with Crippen molar-refractivity contribution in [2.24, 2.45) is 0 Å². The number of nitrogens with one attached hydrogen (secondary N) is 2. The molecule has 2 amide bonds. The number of methoxy groups -OCH3 is 1. The van der Waals surface area contributed by atoms with Crippen LogP contribution in [0.4, 0.5) is 10.5 Å². The van der Waals surface area contributed by atoms with E-state index in [9.17, 15) is 9.59 Å². The van der Waals surface area contributed by atoms with E-state index in [2.05, 4.69) is 10.6 Å². The number of rotatable bonds is 8. The summed E-state index contributed by atoms with van der Waals surface area (Å²) in [5, 5.41) is 14.2. The van der Waals surface area contributed by atoms with E-state index in [1.165, 1.54) is 12.1 Å². The first-order chi connectivity index (χ1) is 10.0. The molecule has 0 heterocycles. The summed E-state index contributed by atoms with van der Waals surface area (Å²) in [6.45, 7) is 2.63. The fourth-order valence-corrected chi connectivity index (χ4v) is 1.62. The van der Waals surface area contributed by atoms with E-state index in [1.807, 2.05) is 11.9 Å². The molecule has 0 fully saturated rings. The van der Waals surface area contributed by atoms with Crippen molar-refractivity contribution < 1.29 is 19.4 Å². The summed E-state index contributed by atoms with van der Waals surface area (Å²) in [7, 11) is 3.58. The van der Waals surface area contributed by atoms with Gasteiger partial charge < -0.3 is 25.4 Å². The van der Waals surface area contributed by atoms with Crippen molar-refractivity contribution in [2.45, 2.75) is 0 Å². The Bertz CT molecular complexity index is 479. The van der Waals surface area contributed by atoms with Crippen LogP contribution in [0.15, 0.2) is 24.3 Å². The minimum atomic E-state index is -1.03. The molecule has 0 atom stereocenters. The summed E-state index contributed by atoms with van der Waals surface area (Å²) in [6.07, 6.45) is 0. The Balaban J connectivity index is 2.33. The molecular formula is C14H21N3O4. The van der Waals surface area contributed by atoms with Crippen molar-refractivity contribution in [1.82, 2.24) is 10.2 Å². The van der Waals surface area contributed by atoms with Gasteiger partial charge in [-0.15, -0.1) is 0 Å². The van der Waals surface area contributed by atoms with Crippen LogP contribution < -0.4 is 10.6 Å². The van der Waals surface area contributed by atoms with E-state index in [4.69, 9.17) is 9.84 Å². The van der Waals surface area contributed by atoms with Crippen LogP contribution >= 0.6 is 0 Å². The number of carboxylic acids is 1. The SMILES string of the molecule is COCCN(C)CCNC(=O)Nc1cccc(C(=O)O)c1. The van der Waals surface area contributed by atoms with Crippen molar-refractivity contribution >= 4 is 17.7 Å². The first-order valence-corrected chi connectivity index (χ1v) is 6.58. The molecule has 0 aliphatic carbocycles. The summed E-state index contributed by atoms with van der Waals surface area (Å²) < 4.78 is 4.96. The second-order valence-corrected chi connectivity index (χ2v) is 4.56. The minimum Gasteiger partial charge on any atom is -0.478 e. The van der Waals surface area contributed by atoms with E-state index in [0.717, 1.165) is 6.54 Å². The quantitative estimate of drug-likeness (QED) is 0.667. The van der Waals surface area contributed by atoms with Crippen LogP contribution in [0, 0.1) is 0 Å². The number of ether oxygens (including phenoxy) is 1. The van der Waals surface area contributed by atoms with E-state index >= 15 is 0 Å². The Kier molecular flexibility index (Phi) is 7.20. The average molecular weight is 295 g/mol. The summed E-state index contributed by atoms with van der Waals surface area (Å²) in [4.78, 5) is 24.5. The smallest absolute Gasteiger partial charge is 0.335 e. The van der Waals surface area contributed by atoms with Gasteiger partial charge in [0.1, 0.15) is 0 Å². The number of hydrogen-bond acceptors (Lipinski definition) is 4. The molecule has 1 aromatic rings. The van der Waals surface area contributed by atoms with E-state index in [1.54, 1.807) is 19.2 Å². The third-order valence-corrected chi connectivity index (χ3v) is 2.82. The van der Waals surface area contributed by atoms with Gasteiger partial charge in [0.25, 0.3) is 0 Å². The van der Waals surface area contributed by atoms with Crippen molar-refractivity contribution in [3.8, 4) is 0 Å². The fraction of sp³-hybridized carbons (Fsp3) is 0.429. The average Bonchev–Trinajstić information content (AvgIpc) is 2.45. The second kappa shape index (κ2) is 8.93. The van der Waals surface area contributed by atoms with Gasteiger partial charge in [0.2, 0.25) is 0 Å². The Morgan fingerprint density at radius 1 is 1.33 bits per heavy atom. The van der Waals surface area contributed by atoms with E-state index < -0.39 is 5.97 Å². The highest BCUT2D eigenvalue weighted by molar-refractivity contribution is 5.93. The Morgan fingerprint density at radius 3 is 2.76 bits per heavy atom. The highest BCUT2D eigenvalue weighted by Gasteiger charge is 2.06. The fourth-order valence-electron chi connectivity index (χ4n) is 1.62. The second-order valence-electron chi connectivity index (χ2n) is 4.56. The normalized spacial score (nSPS) is 10.4. The van der Waals surface area contributed by atoms with Crippen molar-refractivity contribution in [1.29, 1.82) is 0 Å². The van der Waals surface area contributed by atoms with Crippen LogP contribution in [0.2, 0.25) is 0 Å². The number of anilines is 1. The molecule has 1 aromatic carbocycles. The Labute approximate surface area is 123 Å². The van der Waals surface area contributed by atoms with Crippen LogP contribution in [-0.2, 0) is 4.74 Å². The lowest BCUT2D eigenvalue weighted by Crippen LogP contribution is -2.36. The van der Waals surface area contributed by atoms with Gasteiger partial charge in [-0.2, -0.15) is 0 Å². The van der Waals surface area contributed by atoms with Gasteiger partial charge in [0.15, 0.2) is 0 Å². The zero-order chi connectivity index (χ0) is 15.7. The van der Waals surface area contributed by atoms with Crippen LogP contribution in [-0.4, -0.2) is 62.4 Å². The van der Waals surface area contributed by atoms with Crippen LogP contribution in [0.25, 0.3) is 0 Å². The van der Waals surface area contributed by atoms with E-state index in [-0.39, 0.29) is 11.6 Å². The van der Waals surface area contributed by atoms with Crippen molar-refractivity contribution in [2.75, 3.05) is 45.7 Å². The maximum Gasteiger partial charge on any atom is 0.335 e. The van der Waals surface area contributed by atoms with Gasteiger partial charge in [0.05, 0.1) is 12.2 Å². The molecule has 0 saturated carbocycles. The highest BCUT2D eigenvalue weighted by atomic mass is 16.5. The molecule has 0 aromatic heterocycles.